The van der Waals surface area contributed by atoms with Crippen LogP contribution in [0, 0.1) is 0 Å². The second-order valence-corrected chi connectivity index (χ2v) is 19.0. The van der Waals surface area contributed by atoms with Gasteiger partial charge in [0.15, 0.2) is 0 Å². The molecule has 5 heterocycles. The van der Waals surface area contributed by atoms with Crippen LogP contribution in [0.4, 0.5) is 0 Å². The molecule has 0 bridgehead atoms. The number of hydrogen-bond acceptors (Lipinski definition) is 6. The minimum absolute atomic E-state index is 0.858. The van der Waals surface area contributed by atoms with Crippen molar-refractivity contribution >= 4 is 0 Å². The number of allylic oxidation sites excluding steroid dienone is 2. The van der Waals surface area contributed by atoms with Gasteiger partial charge in [-0.25, -0.2) is 0 Å². The Kier molecular flexibility index (Phi) is 17.5. The summed E-state index contributed by atoms with van der Waals surface area (Å²) in [6.45, 7) is 7.61. The summed E-state index contributed by atoms with van der Waals surface area (Å²) >= 11 is -10.2. The van der Waals surface area contributed by atoms with Crippen LogP contribution in [0.3, 0.4) is 0 Å². The van der Waals surface area contributed by atoms with E-state index >= 15 is 0 Å². The second kappa shape index (κ2) is 18.9. The molecule has 0 aromatic carbocycles. The molecule has 4 fully saturated rings. The molecular formula is C20H36N4O6Os2-4. The quantitative estimate of drug-likeness (QED) is 0.318. The summed E-state index contributed by atoms with van der Waals surface area (Å²) in [7, 11) is 0. The van der Waals surface area contributed by atoms with Gasteiger partial charge in [0.1, 0.15) is 0 Å². The van der Waals surface area contributed by atoms with Crippen molar-refractivity contribution in [3.8, 4) is 0 Å². The van der Waals surface area contributed by atoms with E-state index < -0.39 is 31.3 Å². The second-order valence-electron chi connectivity index (χ2n) is 7.14. The number of hydrogen-bond donors (Lipinski definition) is 0. The minimum atomic E-state index is -5.12. The molecule has 0 aliphatic carbocycles. The third kappa shape index (κ3) is 19.1. The van der Waals surface area contributed by atoms with E-state index in [1.807, 2.05) is 18.2 Å². The maximum absolute atomic E-state index is 9.82. The van der Waals surface area contributed by atoms with Crippen LogP contribution in [0.2, 0.25) is 0 Å². The molecule has 0 radical (unpaired) electrons. The van der Waals surface area contributed by atoms with Crippen LogP contribution in [0.5, 0.6) is 0 Å². The molecule has 192 valence electrons. The molecule has 32 heavy (non-hydrogen) atoms. The van der Waals surface area contributed by atoms with Crippen LogP contribution >= 0.6 is 0 Å². The van der Waals surface area contributed by atoms with Crippen LogP contribution in [-0.4, -0.2) is 45.8 Å². The summed E-state index contributed by atoms with van der Waals surface area (Å²) < 4.78 is 46.2. The van der Waals surface area contributed by atoms with E-state index in [4.69, 9.17) is 0 Å². The molecule has 0 saturated carbocycles. The monoisotopic (exact) mass is 812 g/mol. The Morgan fingerprint density at radius 1 is 0.531 bits per heavy atom. The number of piperidine rings is 3. The summed E-state index contributed by atoms with van der Waals surface area (Å²) in [5.41, 5.74) is 0. The molecule has 10 nitrogen and oxygen atoms in total. The molecule has 5 aliphatic rings. The first-order chi connectivity index (χ1) is 15.4. The Morgan fingerprint density at radius 3 is 0.969 bits per heavy atom. The normalized spacial score (nSPS) is 26.5. The number of rotatable bonds is 0. The van der Waals surface area contributed by atoms with E-state index in [2.05, 4.69) is 25.9 Å². The fourth-order valence-electron chi connectivity index (χ4n) is 2.74. The molecule has 0 N–H and O–H groups in total. The molecule has 0 aromatic heterocycles. The van der Waals surface area contributed by atoms with Crippen LogP contribution in [0.25, 0.3) is 21.3 Å². The standard InChI is InChI=1S/3C5H10N.C5H6N.6O.2Os/c4*1-2-4-6-5-3-1;;;;;;;;/h3*1-5H2;1-4H,5H2;;;;;;;;/q4*-1;;;;;;;;. The zero-order valence-corrected chi connectivity index (χ0v) is 23.6. The van der Waals surface area contributed by atoms with Crippen molar-refractivity contribution in [1.82, 2.24) is 0 Å². The van der Waals surface area contributed by atoms with Crippen molar-refractivity contribution < 1.29 is 50.1 Å². The van der Waals surface area contributed by atoms with Gasteiger partial charge < -0.3 is 21.3 Å². The fraction of sp³-hybridized carbons (Fsp3) is 0.800. The molecule has 0 spiro atoms. The first kappa shape index (κ1) is 29.6. The van der Waals surface area contributed by atoms with Crippen LogP contribution in [-0.2, 0) is 50.1 Å². The van der Waals surface area contributed by atoms with E-state index in [9.17, 15) is 14.2 Å². The predicted octanol–water partition coefficient (Wildman–Crippen LogP) is 5.46. The van der Waals surface area contributed by atoms with Crippen LogP contribution in [0.1, 0.15) is 57.8 Å². The van der Waals surface area contributed by atoms with E-state index in [1.54, 1.807) is 6.20 Å². The van der Waals surface area contributed by atoms with Crippen LogP contribution < -0.4 is 0 Å². The Bertz CT molecular complexity index is 591. The van der Waals surface area contributed by atoms with Gasteiger partial charge in [-0.3, -0.25) is 0 Å². The van der Waals surface area contributed by atoms with Gasteiger partial charge in [-0.1, -0.05) is 69.9 Å². The molecule has 5 rings (SSSR count). The van der Waals surface area contributed by atoms with Crippen molar-refractivity contribution in [3.05, 3.63) is 45.7 Å². The van der Waals surface area contributed by atoms with E-state index in [1.165, 1.54) is 57.8 Å². The molecule has 12 heteroatoms. The molecule has 0 aromatic rings. The summed E-state index contributed by atoms with van der Waals surface area (Å²) in [6.07, 6.45) is 20.0. The average molecular weight is 809 g/mol. The topological polar surface area (TPSA) is 143 Å². The number of nitrogens with zero attached hydrogens (tertiary/aromatic N) is 4. The molecule has 4 saturated heterocycles. The zero-order valence-electron chi connectivity index (χ0n) is 18.6. The van der Waals surface area contributed by atoms with E-state index in [-0.39, 0.29) is 0 Å². The van der Waals surface area contributed by atoms with Gasteiger partial charge in [0, 0.05) is 0 Å². The molecule has 5 aliphatic heterocycles. The average Bonchev–Trinajstić information content (AvgIpc) is 2.83. The van der Waals surface area contributed by atoms with Crippen molar-refractivity contribution in [2.24, 2.45) is 0 Å². The first-order valence-electron chi connectivity index (χ1n) is 11.0. The molecule has 0 unspecified atom stereocenters. The Labute approximate surface area is 198 Å². The zero-order chi connectivity index (χ0) is 23.4. The Balaban J connectivity index is 0.000000201. The van der Waals surface area contributed by atoms with E-state index in [0.717, 1.165) is 45.8 Å². The molecular weight excluding hydrogens is 773 g/mol. The third-order valence-electron chi connectivity index (χ3n) is 4.30. The maximum atomic E-state index is 9.82. The third-order valence-corrected chi connectivity index (χ3v) is 20.8. The van der Waals surface area contributed by atoms with Gasteiger partial charge in [0.2, 0.25) is 0 Å². The van der Waals surface area contributed by atoms with Crippen molar-refractivity contribution in [3.63, 3.8) is 0 Å². The summed E-state index contributed by atoms with van der Waals surface area (Å²) in [4.78, 5) is 0. The van der Waals surface area contributed by atoms with Gasteiger partial charge in [0.05, 0.1) is 0 Å². The Hall–Kier alpha value is -0.447. The predicted molar refractivity (Wildman–Crippen MR) is 112 cm³/mol. The summed E-state index contributed by atoms with van der Waals surface area (Å²) in [6, 6.07) is 0. The Morgan fingerprint density at radius 2 is 0.906 bits per heavy atom. The SMILES string of the molecule is C1=CC[N-]C=C1.C1CC[N-]CC1.C1CC[N-]CC1.C1CC[N-]CC1.[O]=[Os]1(=[O])[O][Os](=[O])(=[O])[O]1. The molecule has 0 atom stereocenters. The summed E-state index contributed by atoms with van der Waals surface area (Å²) in [5.74, 6) is 0. The van der Waals surface area contributed by atoms with Crippen molar-refractivity contribution in [1.29, 1.82) is 0 Å². The van der Waals surface area contributed by atoms with Gasteiger partial charge in [0.25, 0.3) is 0 Å². The van der Waals surface area contributed by atoms with E-state index in [0.29, 0.717) is 0 Å². The van der Waals surface area contributed by atoms with Crippen LogP contribution in [0.15, 0.2) is 24.4 Å². The van der Waals surface area contributed by atoms with Gasteiger partial charge in [-0.2, -0.15) is 6.20 Å². The fourth-order valence-corrected chi connectivity index (χ4v) is 13.1. The van der Waals surface area contributed by atoms with Gasteiger partial charge in [-0.15, -0.1) is 51.9 Å². The van der Waals surface area contributed by atoms with Gasteiger partial charge in [-0.05, 0) is 0 Å². The first-order valence-corrected chi connectivity index (χ1v) is 19.3. The van der Waals surface area contributed by atoms with Crippen molar-refractivity contribution in [2.45, 2.75) is 57.8 Å². The van der Waals surface area contributed by atoms with Crippen molar-refractivity contribution in [2.75, 3.05) is 45.8 Å². The van der Waals surface area contributed by atoms with Gasteiger partial charge >= 0.3 is 50.1 Å². The molecule has 0 amide bonds. The summed E-state index contributed by atoms with van der Waals surface area (Å²) in [5, 5.41) is 16.4.